The van der Waals surface area contributed by atoms with Gasteiger partial charge in [-0.05, 0) is 0 Å². The maximum absolute atomic E-state index is 11.9. The topological polar surface area (TPSA) is 119 Å². The molecule has 1 unspecified atom stereocenters. The molecule has 2 N–H and O–H groups in total. The molecule has 0 aromatic heterocycles. The van der Waals surface area contributed by atoms with Crippen molar-refractivity contribution in [1.82, 2.24) is 10.2 Å². The molecule has 1 rings (SSSR count). The van der Waals surface area contributed by atoms with Crippen LogP contribution in [0.15, 0.2) is 0 Å². The van der Waals surface area contributed by atoms with Crippen LogP contribution in [-0.4, -0.2) is 71.8 Å². The molecule has 0 radical (unpaired) electrons. The SMILES string of the molecule is COC(=O)[C@@H](CO)NC(=O)C1CSCCN1C(=O)[O-]. The van der Waals surface area contributed by atoms with Gasteiger partial charge < -0.3 is 30.0 Å². The Bertz CT molecular complexity index is 364. The van der Waals surface area contributed by atoms with E-state index in [0.717, 1.165) is 12.0 Å². The summed E-state index contributed by atoms with van der Waals surface area (Å²) in [7, 11) is 1.13. The van der Waals surface area contributed by atoms with Crippen molar-refractivity contribution in [3.63, 3.8) is 0 Å². The summed E-state index contributed by atoms with van der Waals surface area (Å²) >= 11 is 1.43. The van der Waals surface area contributed by atoms with Gasteiger partial charge in [-0.2, -0.15) is 11.8 Å². The Morgan fingerprint density at radius 2 is 2.26 bits per heavy atom. The van der Waals surface area contributed by atoms with E-state index in [0.29, 0.717) is 5.75 Å². The van der Waals surface area contributed by atoms with Crippen LogP contribution in [0.1, 0.15) is 0 Å². The quantitative estimate of drug-likeness (QED) is 0.545. The molecule has 108 valence electrons. The average molecular weight is 291 g/mol. The third-order valence-corrected chi connectivity index (χ3v) is 3.67. The average Bonchev–Trinajstić information content (AvgIpc) is 2.43. The number of hydrogen-bond acceptors (Lipinski definition) is 7. The van der Waals surface area contributed by atoms with Gasteiger partial charge >= 0.3 is 5.97 Å². The predicted molar refractivity (Wildman–Crippen MR) is 64.2 cm³/mol. The molecule has 0 aromatic carbocycles. The standard InChI is InChI=1S/C10H16N2O6S/c1-18-9(15)6(4-13)11-8(14)7-5-19-3-2-12(7)10(16)17/h6-7,13H,2-5H2,1H3,(H,11,14)(H,16,17)/p-1/t6-,7?/m1/s1. The zero-order valence-corrected chi connectivity index (χ0v) is 11.1. The maximum Gasteiger partial charge on any atom is 0.330 e. The van der Waals surface area contributed by atoms with Gasteiger partial charge in [0.1, 0.15) is 12.1 Å². The number of hydrogen-bond donors (Lipinski definition) is 2. The molecule has 0 saturated carbocycles. The molecule has 19 heavy (non-hydrogen) atoms. The van der Waals surface area contributed by atoms with Crippen molar-refractivity contribution in [3.8, 4) is 0 Å². The lowest BCUT2D eigenvalue weighted by molar-refractivity contribution is -0.267. The van der Waals surface area contributed by atoms with Gasteiger partial charge in [0, 0.05) is 18.1 Å². The molecule has 1 saturated heterocycles. The Kier molecular flexibility index (Phi) is 5.90. The van der Waals surface area contributed by atoms with E-state index in [4.69, 9.17) is 5.11 Å². The highest BCUT2D eigenvalue weighted by Gasteiger charge is 2.32. The third-order valence-electron chi connectivity index (χ3n) is 2.65. The number of nitrogens with one attached hydrogen (secondary N) is 1. The van der Waals surface area contributed by atoms with Crippen LogP contribution in [0.25, 0.3) is 0 Å². The molecule has 1 aliphatic heterocycles. The fourth-order valence-electron chi connectivity index (χ4n) is 1.63. The molecule has 1 fully saturated rings. The normalized spacial score (nSPS) is 20.5. The first-order valence-corrected chi connectivity index (χ1v) is 6.71. The van der Waals surface area contributed by atoms with Crippen LogP contribution in [0.3, 0.4) is 0 Å². The zero-order valence-electron chi connectivity index (χ0n) is 10.3. The number of amides is 2. The second kappa shape index (κ2) is 7.19. The summed E-state index contributed by atoms with van der Waals surface area (Å²) in [5.41, 5.74) is 0. The van der Waals surface area contributed by atoms with Crippen molar-refractivity contribution in [3.05, 3.63) is 0 Å². The zero-order chi connectivity index (χ0) is 14.4. The molecule has 0 aromatic rings. The van der Waals surface area contributed by atoms with E-state index in [9.17, 15) is 19.5 Å². The molecule has 0 aliphatic carbocycles. The number of rotatable bonds is 4. The summed E-state index contributed by atoms with van der Waals surface area (Å²) in [5, 5.41) is 22.1. The first-order valence-electron chi connectivity index (χ1n) is 5.55. The number of ether oxygens (including phenoxy) is 1. The molecular formula is C10H15N2O6S-. The van der Waals surface area contributed by atoms with Crippen molar-refractivity contribution in [2.75, 3.05) is 31.8 Å². The molecule has 2 amide bonds. The second-order valence-corrected chi connectivity index (χ2v) is 4.97. The molecule has 1 heterocycles. The van der Waals surface area contributed by atoms with Gasteiger partial charge in [0.15, 0.2) is 6.04 Å². The molecule has 8 nitrogen and oxygen atoms in total. The van der Waals surface area contributed by atoms with Crippen molar-refractivity contribution in [2.45, 2.75) is 12.1 Å². The number of esters is 1. The summed E-state index contributed by atoms with van der Waals surface area (Å²) in [6.07, 6.45) is -1.43. The highest BCUT2D eigenvalue weighted by molar-refractivity contribution is 7.99. The van der Waals surface area contributed by atoms with Gasteiger partial charge in [0.2, 0.25) is 5.91 Å². The van der Waals surface area contributed by atoms with E-state index < -0.39 is 36.7 Å². The summed E-state index contributed by atoms with van der Waals surface area (Å²) < 4.78 is 4.40. The highest BCUT2D eigenvalue weighted by Crippen LogP contribution is 2.16. The summed E-state index contributed by atoms with van der Waals surface area (Å²) in [6.45, 7) is -0.434. The summed E-state index contributed by atoms with van der Waals surface area (Å²) in [4.78, 5) is 35.0. The van der Waals surface area contributed by atoms with Crippen molar-refractivity contribution < 1.29 is 29.3 Å². The van der Waals surface area contributed by atoms with Crippen molar-refractivity contribution in [1.29, 1.82) is 0 Å². The monoisotopic (exact) mass is 291 g/mol. The van der Waals surface area contributed by atoms with Crippen LogP contribution in [0.2, 0.25) is 0 Å². The highest BCUT2D eigenvalue weighted by atomic mass is 32.2. The number of aliphatic hydroxyl groups excluding tert-OH is 1. The maximum atomic E-state index is 11.9. The van der Waals surface area contributed by atoms with Crippen molar-refractivity contribution >= 4 is 29.7 Å². The number of carboxylic acid groups (broad SMARTS) is 1. The van der Waals surface area contributed by atoms with Gasteiger partial charge in [-0.15, -0.1) is 0 Å². The Labute approximate surface area is 114 Å². The molecule has 2 atom stereocenters. The number of aliphatic hydroxyl groups is 1. The van der Waals surface area contributed by atoms with Gasteiger partial charge in [-0.3, -0.25) is 4.79 Å². The van der Waals surface area contributed by atoms with E-state index in [1.54, 1.807) is 0 Å². The van der Waals surface area contributed by atoms with Crippen LogP contribution < -0.4 is 10.4 Å². The van der Waals surface area contributed by atoms with Gasteiger partial charge in [0.25, 0.3) is 0 Å². The third kappa shape index (κ3) is 4.00. The van der Waals surface area contributed by atoms with E-state index >= 15 is 0 Å². The van der Waals surface area contributed by atoms with E-state index in [-0.39, 0.29) is 12.3 Å². The first kappa shape index (κ1) is 15.6. The van der Waals surface area contributed by atoms with Crippen LogP contribution in [0.5, 0.6) is 0 Å². The van der Waals surface area contributed by atoms with Gasteiger partial charge in [0.05, 0.1) is 13.7 Å². The lowest BCUT2D eigenvalue weighted by atomic mass is 10.2. The molecule has 0 bridgehead atoms. The Hall–Kier alpha value is -1.48. The molecular weight excluding hydrogens is 276 g/mol. The number of methoxy groups -OCH3 is 1. The second-order valence-electron chi connectivity index (χ2n) is 3.82. The Morgan fingerprint density at radius 1 is 1.58 bits per heavy atom. The predicted octanol–water partition coefficient (Wildman–Crippen LogP) is -2.60. The largest absolute Gasteiger partial charge is 0.530 e. The fraction of sp³-hybridized carbons (Fsp3) is 0.700. The summed E-state index contributed by atoms with van der Waals surface area (Å²) in [6, 6.07) is -2.13. The first-order chi connectivity index (χ1) is 9.01. The van der Waals surface area contributed by atoms with Crippen LogP contribution in [0.4, 0.5) is 4.79 Å². The van der Waals surface area contributed by atoms with Crippen LogP contribution >= 0.6 is 11.8 Å². The number of thioether (sulfide) groups is 1. The minimum atomic E-state index is -1.43. The van der Waals surface area contributed by atoms with E-state index in [2.05, 4.69) is 10.1 Å². The lowest BCUT2D eigenvalue weighted by Crippen LogP contribution is -2.59. The number of carbonyl (C=O) groups excluding carboxylic acids is 3. The minimum absolute atomic E-state index is 0.188. The van der Waals surface area contributed by atoms with E-state index in [1.807, 2.05) is 0 Å². The Balaban J connectivity index is 2.69. The molecule has 9 heteroatoms. The van der Waals surface area contributed by atoms with E-state index in [1.165, 1.54) is 11.8 Å². The van der Waals surface area contributed by atoms with Gasteiger partial charge in [-0.1, -0.05) is 0 Å². The van der Waals surface area contributed by atoms with Gasteiger partial charge in [-0.25, -0.2) is 4.79 Å². The van der Waals surface area contributed by atoms with Crippen molar-refractivity contribution in [2.24, 2.45) is 0 Å². The smallest absolute Gasteiger partial charge is 0.330 e. The van der Waals surface area contributed by atoms with Crippen LogP contribution in [-0.2, 0) is 14.3 Å². The van der Waals surface area contributed by atoms with Crippen LogP contribution in [0, 0.1) is 0 Å². The Morgan fingerprint density at radius 3 is 2.79 bits per heavy atom. The number of carbonyl (C=O) groups is 3. The molecule has 1 aliphatic rings. The number of nitrogens with zero attached hydrogens (tertiary/aromatic N) is 1. The molecule has 0 spiro atoms. The summed E-state index contributed by atoms with van der Waals surface area (Å²) in [5.74, 6) is -0.586. The minimum Gasteiger partial charge on any atom is -0.530 e. The fourth-order valence-corrected chi connectivity index (χ4v) is 2.68. The lowest BCUT2D eigenvalue weighted by Gasteiger charge is -2.36.